The van der Waals surface area contributed by atoms with Crippen LogP contribution in [0.25, 0.3) is 0 Å². The number of urea groups is 1. The standard InChI is InChI=1S/C19H29N3O3/c1-2-21(11-18(23)24)15-7-14(8-15)20-19(25)22-9-16-12-3-4-13(6-5-12)17(16)10-22/h3-4,12-17H,2,5-11H2,1H3,(H,20,25)(H,23,24). The fraction of sp³-hybridized carbons (Fsp3) is 0.789. The van der Waals surface area contributed by atoms with Crippen LogP contribution in [0.5, 0.6) is 0 Å². The lowest BCUT2D eigenvalue weighted by Crippen LogP contribution is -2.56. The molecule has 138 valence electrons. The summed E-state index contributed by atoms with van der Waals surface area (Å²) in [6, 6.07) is 0.559. The molecule has 5 aliphatic rings. The molecule has 2 saturated carbocycles. The number of likely N-dealkylation sites (tertiary alicyclic amines) is 1. The molecule has 0 aromatic rings. The van der Waals surface area contributed by atoms with Crippen molar-refractivity contribution in [3.63, 3.8) is 0 Å². The second-order valence-electron chi connectivity index (χ2n) is 8.25. The number of hydrogen-bond acceptors (Lipinski definition) is 3. The monoisotopic (exact) mass is 347 g/mol. The van der Waals surface area contributed by atoms with Crippen molar-refractivity contribution in [1.82, 2.24) is 15.1 Å². The minimum atomic E-state index is -0.780. The molecule has 0 aromatic carbocycles. The number of fused-ring (bicyclic) bond motifs is 1. The van der Waals surface area contributed by atoms with Crippen molar-refractivity contribution in [2.24, 2.45) is 23.7 Å². The van der Waals surface area contributed by atoms with Gasteiger partial charge in [-0.3, -0.25) is 9.69 Å². The Morgan fingerprint density at radius 2 is 1.76 bits per heavy atom. The van der Waals surface area contributed by atoms with Gasteiger partial charge in [0.25, 0.3) is 0 Å². The van der Waals surface area contributed by atoms with Crippen LogP contribution in [0.1, 0.15) is 32.6 Å². The van der Waals surface area contributed by atoms with Crippen LogP contribution in [-0.4, -0.2) is 65.2 Å². The maximum absolute atomic E-state index is 12.6. The number of likely N-dealkylation sites (N-methyl/N-ethyl adjacent to an activating group) is 1. The molecule has 2 N–H and O–H groups in total. The molecule has 2 amide bonds. The van der Waals surface area contributed by atoms with Gasteiger partial charge in [0.05, 0.1) is 6.54 Å². The highest BCUT2D eigenvalue weighted by atomic mass is 16.4. The lowest BCUT2D eigenvalue weighted by Gasteiger charge is -2.42. The van der Waals surface area contributed by atoms with Crippen LogP contribution in [0.2, 0.25) is 0 Å². The molecule has 0 spiro atoms. The molecule has 25 heavy (non-hydrogen) atoms. The number of carbonyl (C=O) groups is 2. The van der Waals surface area contributed by atoms with E-state index in [1.54, 1.807) is 0 Å². The Balaban J connectivity index is 1.25. The SMILES string of the molecule is CCN(CC(=O)O)C1CC(NC(=O)N2CC3C4C=CC(CC4)C3C2)C1. The molecular weight excluding hydrogens is 318 g/mol. The van der Waals surface area contributed by atoms with Crippen molar-refractivity contribution in [3.8, 4) is 0 Å². The van der Waals surface area contributed by atoms with Crippen molar-refractivity contribution in [3.05, 3.63) is 12.2 Å². The third-order valence-electron chi connectivity index (χ3n) is 6.94. The van der Waals surface area contributed by atoms with Gasteiger partial charge in [0, 0.05) is 25.2 Å². The van der Waals surface area contributed by atoms with E-state index in [0.717, 1.165) is 32.5 Å². The highest BCUT2D eigenvalue weighted by Crippen LogP contribution is 2.48. The molecule has 1 aliphatic heterocycles. The maximum Gasteiger partial charge on any atom is 0.317 e. The summed E-state index contributed by atoms with van der Waals surface area (Å²) >= 11 is 0. The van der Waals surface area contributed by atoms with E-state index in [1.807, 2.05) is 16.7 Å². The molecule has 6 nitrogen and oxygen atoms in total. The van der Waals surface area contributed by atoms with Crippen LogP contribution in [0.4, 0.5) is 4.79 Å². The van der Waals surface area contributed by atoms with E-state index >= 15 is 0 Å². The predicted octanol–water partition coefficient (Wildman–Crippen LogP) is 1.78. The summed E-state index contributed by atoms with van der Waals surface area (Å²) in [4.78, 5) is 27.5. The summed E-state index contributed by atoms with van der Waals surface area (Å²) in [5, 5.41) is 12.1. The average molecular weight is 347 g/mol. The number of carboxylic acids is 1. The van der Waals surface area contributed by atoms with Crippen molar-refractivity contribution in [2.75, 3.05) is 26.2 Å². The van der Waals surface area contributed by atoms with Crippen molar-refractivity contribution >= 4 is 12.0 Å². The largest absolute Gasteiger partial charge is 0.480 e. The summed E-state index contributed by atoms with van der Waals surface area (Å²) in [6.07, 6.45) is 9.07. The molecule has 6 heteroatoms. The first-order valence-corrected chi connectivity index (χ1v) is 9.74. The number of carbonyl (C=O) groups excluding carboxylic acids is 1. The number of allylic oxidation sites excluding steroid dienone is 2. The summed E-state index contributed by atoms with van der Waals surface area (Å²) in [5.41, 5.74) is 0. The van der Waals surface area contributed by atoms with E-state index in [9.17, 15) is 9.59 Å². The highest BCUT2D eigenvalue weighted by Gasteiger charge is 2.47. The number of rotatable bonds is 5. The Bertz CT molecular complexity index is 550. The zero-order valence-corrected chi connectivity index (χ0v) is 14.9. The van der Waals surface area contributed by atoms with Gasteiger partial charge in [0.2, 0.25) is 0 Å². The van der Waals surface area contributed by atoms with E-state index in [2.05, 4.69) is 17.5 Å². The van der Waals surface area contributed by atoms with Gasteiger partial charge >= 0.3 is 12.0 Å². The van der Waals surface area contributed by atoms with Gasteiger partial charge in [-0.25, -0.2) is 4.79 Å². The van der Waals surface area contributed by atoms with Crippen molar-refractivity contribution in [2.45, 2.75) is 44.7 Å². The minimum absolute atomic E-state index is 0.0820. The van der Waals surface area contributed by atoms with Crippen LogP contribution in [0.3, 0.4) is 0 Å². The van der Waals surface area contributed by atoms with Gasteiger partial charge in [0.1, 0.15) is 0 Å². The topological polar surface area (TPSA) is 72.9 Å². The molecule has 5 rings (SSSR count). The number of carboxylic acid groups (broad SMARTS) is 1. The van der Waals surface area contributed by atoms with Crippen LogP contribution >= 0.6 is 0 Å². The first-order chi connectivity index (χ1) is 12.0. The molecule has 1 saturated heterocycles. The summed E-state index contributed by atoms with van der Waals surface area (Å²) < 4.78 is 0. The van der Waals surface area contributed by atoms with E-state index in [4.69, 9.17) is 5.11 Å². The second-order valence-corrected chi connectivity index (χ2v) is 8.25. The fourth-order valence-electron chi connectivity index (χ4n) is 5.44. The highest BCUT2D eigenvalue weighted by molar-refractivity contribution is 5.75. The number of nitrogens with zero attached hydrogens (tertiary/aromatic N) is 2. The Morgan fingerprint density at radius 3 is 2.24 bits per heavy atom. The number of amides is 2. The normalized spacial score (nSPS) is 38.6. The Labute approximate surface area is 149 Å². The van der Waals surface area contributed by atoms with Gasteiger partial charge in [-0.05, 0) is 55.9 Å². The summed E-state index contributed by atoms with van der Waals surface area (Å²) in [7, 11) is 0. The molecule has 0 radical (unpaired) electrons. The minimum Gasteiger partial charge on any atom is -0.480 e. The molecule has 3 fully saturated rings. The van der Waals surface area contributed by atoms with Gasteiger partial charge in [-0.1, -0.05) is 19.1 Å². The molecule has 4 atom stereocenters. The third kappa shape index (κ3) is 3.16. The lowest BCUT2D eigenvalue weighted by atomic mass is 9.64. The van der Waals surface area contributed by atoms with Crippen LogP contribution in [0, 0.1) is 23.7 Å². The first kappa shape index (κ1) is 16.9. The van der Waals surface area contributed by atoms with Gasteiger partial charge in [-0.2, -0.15) is 0 Å². The van der Waals surface area contributed by atoms with Crippen molar-refractivity contribution < 1.29 is 14.7 Å². The molecule has 4 aliphatic carbocycles. The number of hydrogen-bond donors (Lipinski definition) is 2. The molecule has 2 bridgehead atoms. The van der Waals surface area contributed by atoms with Crippen molar-refractivity contribution in [1.29, 1.82) is 0 Å². The first-order valence-electron chi connectivity index (χ1n) is 9.74. The Kier molecular flexibility index (Phi) is 4.48. The lowest BCUT2D eigenvalue weighted by molar-refractivity contribution is -0.139. The van der Waals surface area contributed by atoms with E-state index in [0.29, 0.717) is 23.7 Å². The smallest absolute Gasteiger partial charge is 0.317 e. The van der Waals surface area contributed by atoms with Gasteiger partial charge in [-0.15, -0.1) is 0 Å². The quantitative estimate of drug-likeness (QED) is 0.744. The Morgan fingerprint density at radius 1 is 1.16 bits per heavy atom. The van der Waals surface area contributed by atoms with E-state index in [-0.39, 0.29) is 24.7 Å². The molecule has 1 heterocycles. The predicted molar refractivity (Wildman–Crippen MR) is 94.1 cm³/mol. The average Bonchev–Trinajstić information content (AvgIpc) is 3.04. The van der Waals surface area contributed by atoms with Gasteiger partial charge < -0.3 is 15.3 Å². The van der Waals surface area contributed by atoms with Crippen LogP contribution in [0.15, 0.2) is 12.2 Å². The summed E-state index contributed by atoms with van der Waals surface area (Å²) in [5.74, 6) is 1.90. The van der Waals surface area contributed by atoms with Crippen LogP contribution in [-0.2, 0) is 4.79 Å². The zero-order chi connectivity index (χ0) is 17.6. The van der Waals surface area contributed by atoms with Gasteiger partial charge in [0.15, 0.2) is 0 Å². The van der Waals surface area contributed by atoms with Crippen LogP contribution < -0.4 is 5.32 Å². The summed E-state index contributed by atoms with van der Waals surface area (Å²) in [6.45, 7) is 4.62. The number of nitrogens with one attached hydrogen (secondary N) is 1. The zero-order valence-electron chi connectivity index (χ0n) is 14.9. The molecule has 0 aromatic heterocycles. The van der Waals surface area contributed by atoms with E-state index < -0.39 is 5.97 Å². The fourth-order valence-corrected chi connectivity index (χ4v) is 5.44. The van der Waals surface area contributed by atoms with E-state index in [1.165, 1.54) is 12.8 Å². The second kappa shape index (κ2) is 6.63. The molecular formula is C19H29N3O3. The third-order valence-corrected chi connectivity index (χ3v) is 6.94. The maximum atomic E-state index is 12.6. The molecule has 4 unspecified atom stereocenters. The Hall–Kier alpha value is -1.56. The number of aliphatic carboxylic acids is 1.